The Hall–Kier alpha value is -1.31. The molecule has 0 radical (unpaired) electrons. The molecule has 0 fully saturated rings. The smallest absolute Gasteiger partial charge is 0.127 e. The van der Waals surface area contributed by atoms with Gasteiger partial charge in [-0.05, 0) is 19.1 Å². The molecule has 14 heavy (non-hydrogen) atoms. The highest BCUT2D eigenvalue weighted by Crippen LogP contribution is 2.17. The molecule has 0 aliphatic carbocycles. The number of aliphatic imine (C=N–C) groups is 1. The number of ether oxygens (including phenoxy) is 1. The Morgan fingerprint density at radius 1 is 1.21 bits per heavy atom. The predicted octanol–water partition coefficient (Wildman–Crippen LogP) is 3.16. The van der Waals surface area contributed by atoms with Crippen LogP contribution < -0.4 is 4.74 Å². The molecule has 0 saturated heterocycles. The Labute approximate surface area is 86.6 Å². The van der Waals surface area contributed by atoms with Crippen LogP contribution >= 0.6 is 0 Å². The lowest BCUT2D eigenvalue weighted by atomic mass is 10.1. The normalized spacial score (nSPS) is 10.2. The van der Waals surface area contributed by atoms with Crippen molar-refractivity contribution in [3.8, 4) is 5.75 Å². The average Bonchev–Trinajstić information content (AvgIpc) is 2.30. The summed E-state index contributed by atoms with van der Waals surface area (Å²) >= 11 is 0. The maximum Gasteiger partial charge on any atom is 0.127 e. The van der Waals surface area contributed by atoms with Crippen LogP contribution in [-0.2, 0) is 0 Å². The molecule has 0 aliphatic rings. The molecule has 2 heteroatoms. The van der Waals surface area contributed by atoms with Gasteiger partial charge in [-0.25, -0.2) is 0 Å². The highest BCUT2D eigenvalue weighted by molar-refractivity contribution is 6.00. The van der Waals surface area contributed by atoms with Crippen molar-refractivity contribution >= 4 is 5.71 Å². The van der Waals surface area contributed by atoms with E-state index in [2.05, 4.69) is 4.99 Å². The van der Waals surface area contributed by atoms with Gasteiger partial charge in [0.1, 0.15) is 5.75 Å². The maximum atomic E-state index is 5.19. The summed E-state index contributed by atoms with van der Waals surface area (Å²) in [4.78, 5) is 4.10. The van der Waals surface area contributed by atoms with Crippen molar-refractivity contribution in [2.75, 3.05) is 14.2 Å². The van der Waals surface area contributed by atoms with Gasteiger partial charge in [0, 0.05) is 18.3 Å². The largest absolute Gasteiger partial charge is 0.496 e. The van der Waals surface area contributed by atoms with E-state index in [4.69, 9.17) is 4.74 Å². The Balaban J connectivity index is 0.000000791. The molecule has 78 valence electrons. The van der Waals surface area contributed by atoms with E-state index in [1.807, 2.05) is 45.0 Å². The third-order valence-electron chi connectivity index (χ3n) is 1.83. The van der Waals surface area contributed by atoms with Gasteiger partial charge in [-0.1, -0.05) is 26.0 Å². The lowest BCUT2D eigenvalue weighted by Gasteiger charge is -2.06. The van der Waals surface area contributed by atoms with E-state index < -0.39 is 0 Å². The number of hydrogen-bond donors (Lipinski definition) is 0. The summed E-state index contributed by atoms with van der Waals surface area (Å²) in [5.74, 6) is 0.876. The second kappa shape index (κ2) is 7.13. The molecular weight excluding hydrogens is 174 g/mol. The molecular formula is C12H19NO. The third-order valence-corrected chi connectivity index (χ3v) is 1.83. The summed E-state index contributed by atoms with van der Waals surface area (Å²) in [5, 5.41) is 0. The quantitative estimate of drug-likeness (QED) is 0.661. The van der Waals surface area contributed by atoms with Crippen molar-refractivity contribution in [3.05, 3.63) is 29.8 Å². The minimum atomic E-state index is 0.876. The molecule has 0 N–H and O–H groups in total. The zero-order valence-corrected chi connectivity index (χ0v) is 9.66. The maximum absolute atomic E-state index is 5.19. The van der Waals surface area contributed by atoms with Crippen LogP contribution in [0.2, 0.25) is 0 Å². The number of nitrogens with zero attached hydrogens (tertiary/aromatic N) is 1. The minimum Gasteiger partial charge on any atom is -0.496 e. The molecule has 0 heterocycles. The number of hydrogen-bond acceptors (Lipinski definition) is 2. The molecule has 1 aromatic rings. The molecule has 0 unspecified atom stereocenters. The van der Waals surface area contributed by atoms with Gasteiger partial charge in [-0.3, -0.25) is 4.99 Å². The second-order valence-electron chi connectivity index (χ2n) is 2.51. The SMILES string of the molecule is CC.CN=C(C)c1ccccc1OC. The standard InChI is InChI=1S/C10H13NO.C2H6/c1-8(11-2)9-6-4-5-7-10(9)12-3;1-2/h4-7H,1-3H3;1-2H3. The van der Waals surface area contributed by atoms with Gasteiger partial charge in [-0.2, -0.15) is 0 Å². The van der Waals surface area contributed by atoms with Crippen LogP contribution in [0.4, 0.5) is 0 Å². The highest BCUT2D eigenvalue weighted by atomic mass is 16.5. The van der Waals surface area contributed by atoms with Crippen molar-refractivity contribution in [2.45, 2.75) is 20.8 Å². The van der Waals surface area contributed by atoms with Gasteiger partial charge in [0.25, 0.3) is 0 Å². The van der Waals surface area contributed by atoms with Gasteiger partial charge in [0.15, 0.2) is 0 Å². The molecule has 0 aromatic heterocycles. The first-order valence-electron chi connectivity index (χ1n) is 4.86. The highest BCUT2D eigenvalue weighted by Gasteiger charge is 2.02. The van der Waals surface area contributed by atoms with Crippen LogP contribution in [0.1, 0.15) is 26.3 Å². The topological polar surface area (TPSA) is 21.6 Å². The van der Waals surface area contributed by atoms with Gasteiger partial charge in [-0.15, -0.1) is 0 Å². The summed E-state index contributed by atoms with van der Waals surface area (Å²) in [7, 11) is 3.45. The molecule has 0 amide bonds. The first kappa shape index (κ1) is 12.7. The molecule has 1 aromatic carbocycles. The van der Waals surface area contributed by atoms with E-state index in [1.165, 1.54) is 0 Å². The van der Waals surface area contributed by atoms with Crippen molar-refractivity contribution in [1.82, 2.24) is 0 Å². The van der Waals surface area contributed by atoms with Crippen LogP contribution in [0, 0.1) is 0 Å². The van der Waals surface area contributed by atoms with E-state index in [0.717, 1.165) is 17.0 Å². The van der Waals surface area contributed by atoms with E-state index >= 15 is 0 Å². The second-order valence-corrected chi connectivity index (χ2v) is 2.51. The number of benzene rings is 1. The van der Waals surface area contributed by atoms with Crippen molar-refractivity contribution in [3.63, 3.8) is 0 Å². The van der Waals surface area contributed by atoms with E-state index in [9.17, 15) is 0 Å². The fourth-order valence-electron chi connectivity index (χ4n) is 1.06. The average molecular weight is 193 g/mol. The summed E-state index contributed by atoms with van der Waals surface area (Å²) in [6.45, 7) is 5.97. The number of rotatable bonds is 2. The number of methoxy groups -OCH3 is 1. The summed E-state index contributed by atoms with van der Waals surface area (Å²) in [5.41, 5.74) is 2.05. The van der Waals surface area contributed by atoms with Crippen LogP contribution in [0.3, 0.4) is 0 Å². The summed E-state index contributed by atoms with van der Waals surface area (Å²) in [6, 6.07) is 7.86. The number of para-hydroxylation sites is 1. The first-order chi connectivity index (χ1) is 6.79. The summed E-state index contributed by atoms with van der Waals surface area (Å²) in [6.07, 6.45) is 0. The molecule has 2 nitrogen and oxygen atoms in total. The lowest BCUT2D eigenvalue weighted by Crippen LogP contribution is -1.97. The van der Waals surface area contributed by atoms with Crippen molar-refractivity contribution in [1.29, 1.82) is 0 Å². The van der Waals surface area contributed by atoms with E-state index in [-0.39, 0.29) is 0 Å². The Morgan fingerprint density at radius 3 is 2.29 bits per heavy atom. The lowest BCUT2D eigenvalue weighted by molar-refractivity contribution is 0.414. The zero-order valence-electron chi connectivity index (χ0n) is 9.66. The Morgan fingerprint density at radius 2 is 1.79 bits per heavy atom. The molecule has 0 saturated carbocycles. The molecule has 0 bridgehead atoms. The molecule has 0 spiro atoms. The van der Waals surface area contributed by atoms with Crippen LogP contribution in [0.15, 0.2) is 29.3 Å². The van der Waals surface area contributed by atoms with Gasteiger partial charge in [0.2, 0.25) is 0 Å². The zero-order chi connectivity index (χ0) is 11.0. The molecule has 0 aliphatic heterocycles. The minimum absolute atomic E-state index is 0.876. The van der Waals surface area contributed by atoms with Gasteiger partial charge >= 0.3 is 0 Å². The van der Waals surface area contributed by atoms with Gasteiger partial charge < -0.3 is 4.74 Å². The fourth-order valence-corrected chi connectivity index (χ4v) is 1.06. The van der Waals surface area contributed by atoms with Crippen LogP contribution in [0.5, 0.6) is 5.75 Å². The van der Waals surface area contributed by atoms with Crippen LogP contribution in [0.25, 0.3) is 0 Å². The monoisotopic (exact) mass is 193 g/mol. The summed E-state index contributed by atoms with van der Waals surface area (Å²) < 4.78 is 5.19. The van der Waals surface area contributed by atoms with E-state index in [0.29, 0.717) is 0 Å². The van der Waals surface area contributed by atoms with Gasteiger partial charge in [0.05, 0.1) is 7.11 Å². The van der Waals surface area contributed by atoms with Crippen molar-refractivity contribution < 1.29 is 4.74 Å². The third kappa shape index (κ3) is 3.21. The first-order valence-corrected chi connectivity index (χ1v) is 4.86. The molecule has 1 rings (SSSR count). The Kier molecular flexibility index (Phi) is 6.46. The predicted molar refractivity (Wildman–Crippen MR) is 62.5 cm³/mol. The molecule has 0 atom stereocenters. The van der Waals surface area contributed by atoms with Crippen molar-refractivity contribution in [2.24, 2.45) is 4.99 Å². The van der Waals surface area contributed by atoms with Crippen LogP contribution in [-0.4, -0.2) is 19.9 Å². The van der Waals surface area contributed by atoms with E-state index in [1.54, 1.807) is 14.2 Å². The fraction of sp³-hybridized carbons (Fsp3) is 0.417. The Bertz CT molecular complexity index is 292.